The van der Waals surface area contributed by atoms with Gasteiger partial charge in [-0.2, -0.15) is 0 Å². The molecule has 1 rings (SSSR count). The number of ketones is 1. The lowest BCUT2D eigenvalue weighted by atomic mass is 10.0. The van der Waals surface area contributed by atoms with Crippen molar-refractivity contribution in [2.24, 2.45) is 0 Å². The summed E-state index contributed by atoms with van der Waals surface area (Å²) in [7, 11) is 1.53. The highest BCUT2D eigenvalue weighted by Crippen LogP contribution is 2.24. The Morgan fingerprint density at radius 2 is 2.20 bits per heavy atom. The summed E-state index contributed by atoms with van der Waals surface area (Å²) in [4.78, 5) is 11.7. The average Bonchev–Trinajstić information content (AvgIpc) is 2.26. The maximum Gasteiger partial charge on any atom is 0.166 e. The monoisotopic (exact) mass is 208 g/mol. The molecule has 3 nitrogen and oxygen atoms in total. The Morgan fingerprint density at radius 3 is 2.80 bits per heavy atom. The molecule has 1 aromatic carbocycles. The molecule has 1 aromatic rings. The van der Waals surface area contributed by atoms with E-state index in [1.165, 1.54) is 13.2 Å². The highest BCUT2D eigenvalue weighted by Gasteiger charge is 2.11. The van der Waals surface area contributed by atoms with Crippen LogP contribution in [0.4, 0.5) is 0 Å². The third-order valence-corrected chi connectivity index (χ3v) is 2.26. The highest BCUT2D eigenvalue weighted by atomic mass is 16.5. The summed E-state index contributed by atoms with van der Waals surface area (Å²) >= 11 is 0. The van der Waals surface area contributed by atoms with E-state index >= 15 is 0 Å². The summed E-state index contributed by atoms with van der Waals surface area (Å²) in [6.07, 6.45) is 2.28. The van der Waals surface area contributed by atoms with Gasteiger partial charge in [0.15, 0.2) is 5.78 Å². The Balaban J connectivity index is 2.86. The van der Waals surface area contributed by atoms with Gasteiger partial charge in [0, 0.05) is 6.42 Å². The number of ether oxygens (including phenoxy) is 1. The van der Waals surface area contributed by atoms with Crippen LogP contribution in [0.2, 0.25) is 0 Å². The lowest BCUT2D eigenvalue weighted by Gasteiger charge is -2.05. The number of phenols is 1. The van der Waals surface area contributed by atoms with E-state index in [9.17, 15) is 9.90 Å². The molecule has 82 valence electrons. The fourth-order valence-corrected chi connectivity index (χ4v) is 1.34. The van der Waals surface area contributed by atoms with Crippen LogP contribution in [-0.4, -0.2) is 18.0 Å². The Kier molecular flexibility index (Phi) is 4.16. The van der Waals surface area contributed by atoms with Crippen LogP contribution in [0.1, 0.15) is 36.5 Å². The number of hydrogen-bond donors (Lipinski definition) is 1. The number of methoxy groups -OCH3 is 1. The maximum absolute atomic E-state index is 11.7. The highest BCUT2D eigenvalue weighted by molar-refractivity contribution is 5.98. The number of carbonyl (C=O) groups excluding carboxylic acids is 1. The molecule has 15 heavy (non-hydrogen) atoms. The van der Waals surface area contributed by atoms with E-state index in [2.05, 4.69) is 0 Å². The summed E-state index contributed by atoms with van der Waals surface area (Å²) in [6.45, 7) is 2.03. The van der Waals surface area contributed by atoms with Crippen molar-refractivity contribution in [2.45, 2.75) is 26.2 Å². The maximum atomic E-state index is 11.7. The van der Waals surface area contributed by atoms with Crippen molar-refractivity contribution < 1.29 is 14.6 Å². The molecule has 0 bridgehead atoms. The molecule has 0 aliphatic heterocycles. The van der Waals surface area contributed by atoms with Gasteiger partial charge in [-0.1, -0.05) is 13.3 Å². The number of unbranched alkanes of at least 4 members (excludes halogenated alkanes) is 1. The number of benzene rings is 1. The number of carbonyl (C=O) groups is 1. The van der Waals surface area contributed by atoms with Crippen molar-refractivity contribution in [3.63, 3.8) is 0 Å². The van der Waals surface area contributed by atoms with Crippen molar-refractivity contribution in [1.82, 2.24) is 0 Å². The van der Waals surface area contributed by atoms with Gasteiger partial charge in [-0.3, -0.25) is 4.79 Å². The van der Waals surface area contributed by atoms with Crippen LogP contribution >= 0.6 is 0 Å². The quantitative estimate of drug-likeness (QED) is 0.757. The minimum atomic E-state index is -0.0340. The Bertz CT molecular complexity index is 345. The molecule has 0 saturated heterocycles. The Hall–Kier alpha value is -1.51. The van der Waals surface area contributed by atoms with E-state index < -0.39 is 0 Å². The van der Waals surface area contributed by atoms with E-state index in [1.54, 1.807) is 12.1 Å². The molecule has 0 unspecified atom stereocenters. The molecule has 0 spiro atoms. The van der Waals surface area contributed by atoms with Gasteiger partial charge in [0.25, 0.3) is 0 Å². The van der Waals surface area contributed by atoms with Crippen LogP contribution in [0, 0.1) is 0 Å². The van der Waals surface area contributed by atoms with Gasteiger partial charge < -0.3 is 9.84 Å². The van der Waals surface area contributed by atoms with Crippen LogP contribution < -0.4 is 4.74 Å². The molecule has 3 heteroatoms. The Labute approximate surface area is 89.7 Å². The van der Waals surface area contributed by atoms with Gasteiger partial charge >= 0.3 is 0 Å². The number of Topliss-reactive ketones (excluding diaryl/α,β-unsaturated/α-hetero) is 1. The summed E-state index contributed by atoms with van der Waals surface area (Å²) in [6, 6.07) is 4.69. The van der Waals surface area contributed by atoms with Crippen molar-refractivity contribution in [2.75, 3.05) is 7.11 Å². The van der Waals surface area contributed by atoms with Gasteiger partial charge in [-0.05, 0) is 24.6 Å². The zero-order valence-electron chi connectivity index (χ0n) is 9.12. The average molecular weight is 208 g/mol. The minimum Gasteiger partial charge on any atom is -0.507 e. The lowest BCUT2D eigenvalue weighted by molar-refractivity contribution is 0.0977. The normalized spacial score (nSPS) is 10.0. The predicted molar refractivity (Wildman–Crippen MR) is 58.5 cm³/mol. The van der Waals surface area contributed by atoms with Crippen LogP contribution in [0.15, 0.2) is 18.2 Å². The summed E-state index contributed by atoms with van der Waals surface area (Å²) in [5.74, 6) is 0.581. The smallest absolute Gasteiger partial charge is 0.166 e. The first-order valence-electron chi connectivity index (χ1n) is 5.09. The largest absolute Gasteiger partial charge is 0.507 e. The van der Waals surface area contributed by atoms with Crippen molar-refractivity contribution in [3.8, 4) is 11.5 Å². The van der Waals surface area contributed by atoms with E-state index in [4.69, 9.17) is 4.74 Å². The second kappa shape index (κ2) is 5.39. The van der Waals surface area contributed by atoms with Crippen LogP contribution in [0.5, 0.6) is 11.5 Å². The molecule has 0 aliphatic rings. The summed E-state index contributed by atoms with van der Waals surface area (Å²) in [5, 5.41) is 9.52. The molecule has 0 fully saturated rings. The first kappa shape index (κ1) is 11.6. The molecule has 0 atom stereocenters. The number of rotatable bonds is 5. The third kappa shape index (κ3) is 2.98. The van der Waals surface area contributed by atoms with Crippen LogP contribution in [0.3, 0.4) is 0 Å². The lowest BCUT2D eigenvalue weighted by Crippen LogP contribution is -1.99. The molecule has 0 aliphatic carbocycles. The fourth-order valence-electron chi connectivity index (χ4n) is 1.34. The molecule has 0 aromatic heterocycles. The van der Waals surface area contributed by atoms with E-state index in [-0.39, 0.29) is 11.5 Å². The van der Waals surface area contributed by atoms with Gasteiger partial charge in [0.2, 0.25) is 0 Å². The Morgan fingerprint density at radius 1 is 1.47 bits per heavy atom. The second-order valence-corrected chi connectivity index (χ2v) is 3.41. The molecule has 1 N–H and O–H groups in total. The summed E-state index contributed by atoms with van der Waals surface area (Å²) < 4.78 is 5.00. The predicted octanol–water partition coefficient (Wildman–Crippen LogP) is 2.77. The van der Waals surface area contributed by atoms with Crippen LogP contribution in [0.25, 0.3) is 0 Å². The van der Waals surface area contributed by atoms with Gasteiger partial charge in [-0.15, -0.1) is 0 Å². The number of aromatic hydroxyl groups is 1. The molecule has 0 amide bonds. The fraction of sp³-hybridized carbons (Fsp3) is 0.417. The van der Waals surface area contributed by atoms with Crippen molar-refractivity contribution in [1.29, 1.82) is 0 Å². The third-order valence-electron chi connectivity index (χ3n) is 2.26. The standard InChI is InChI=1S/C12H16O3/c1-3-4-5-11(13)10-8-9(15-2)6-7-12(10)14/h6-8,14H,3-5H2,1-2H3. The minimum absolute atomic E-state index is 0.0249. The SMILES string of the molecule is CCCCC(=O)c1cc(OC)ccc1O. The molecule has 0 heterocycles. The van der Waals surface area contributed by atoms with E-state index in [0.29, 0.717) is 17.7 Å². The van der Waals surface area contributed by atoms with Crippen molar-refractivity contribution in [3.05, 3.63) is 23.8 Å². The zero-order valence-corrected chi connectivity index (χ0v) is 9.12. The van der Waals surface area contributed by atoms with Gasteiger partial charge in [-0.25, -0.2) is 0 Å². The topological polar surface area (TPSA) is 46.5 Å². The zero-order chi connectivity index (χ0) is 11.3. The van der Waals surface area contributed by atoms with E-state index in [1.807, 2.05) is 6.92 Å². The molecule has 0 saturated carbocycles. The molecular formula is C12H16O3. The summed E-state index contributed by atoms with van der Waals surface area (Å²) in [5.41, 5.74) is 0.350. The van der Waals surface area contributed by atoms with E-state index in [0.717, 1.165) is 12.8 Å². The van der Waals surface area contributed by atoms with Crippen LogP contribution in [-0.2, 0) is 0 Å². The van der Waals surface area contributed by atoms with Gasteiger partial charge in [0.1, 0.15) is 11.5 Å². The molecule has 0 radical (unpaired) electrons. The number of hydrogen-bond acceptors (Lipinski definition) is 3. The first-order chi connectivity index (χ1) is 7.19. The molecular weight excluding hydrogens is 192 g/mol. The second-order valence-electron chi connectivity index (χ2n) is 3.41. The van der Waals surface area contributed by atoms with Gasteiger partial charge in [0.05, 0.1) is 12.7 Å². The number of phenolic OH excluding ortho intramolecular Hbond substituents is 1. The first-order valence-corrected chi connectivity index (χ1v) is 5.09. The van der Waals surface area contributed by atoms with Crippen molar-refractivity contribution >= 4 is 5.78 Å².